The molecule has 3 rings (SSSR count). The quantitative estimate of drug-likeness (QED) is 0.645. The Kier molecular flexibility index (Phi) is 4.80. The molecule has 0 radical (unpaired) electrons. The van der Waals surface area contributed by atoms with Gasteiger partial charge in [0, 0.05) is 15.7 Å². The third-order valence-electron chi connectivity index (χ3n) is 3.30. The number of thioether (sulfide) groups is 1. The highest BCUT2D eigenvalue weighted by Gasteiger charge is 2.09. The lowest BCUT2D eigenvalue weighted by Gasteiger charge is -2.08. The predicted molar refractivity (Wildman–Crippen MR) is 96.6 cm³/mol. The smallest absolute Gasteiger partial charge is 0.234 e. The van der Waals surface area contributed by atoms with Crippen molar-refractivity contribution in [2.75, 3.05) is 11.1 Å². The molecule has 1 heterocycles. The molecule has 1 amide bonds. The number of benzene rings is 2. The number of hydrogen-bond acceptors (Lipinski definition) is 3. The van der Waals surface area contributed by atoms with E-state index in [1.54, 1.807) is 18.2 Å². The lowest BCUT2D eigenvalue weighted by molar-refractivity contribution is -0.113. The van der Waals surface area contributed by atoms with Crippen LogP contribution in [0.5, 0.6) is 0 Å². The monoisotopic (exact) mass is 365 g/mol. The number of rotatable bonds is 4. The van der Waals surface area contributed by atoms with E-state index in [1.165, 1.54) is 11.8 Å². The number of fused-ring (bicyclic) bond motifs is 1. The molecule has 2 aromatic carbocycles. The molecule has 0 saturated heterocycles. The van der Waals surface area contributed by atoms with Gasteiger partial charge in [-0.1, -0.05) is 41.0 Å². The molecule has 0 aliphatic rings. The standard InChI is InChI=1S/C16H13Cl2N3OS/c1-9-11(18)3-2-4-12(9)19-15(22)8-23-16-20-13-6-5-10(17)7-14(13)21-16/h2-7H,8H2,1H3,(H,19,22)(H,20,21). The zero-order valence-electron chi connectivity index (χ0n) is 12.2. The van der Waals surface area contributed by atoms with Crippen LogP contribution in [0.2, 0.25) is 10.0 Å². The highest BCUT2D eigenvalue weighted by molar-refractivity contribution is 7.99. The minimum absolute atomic E-state index is 0.112. The molecule has 4 nitrogen and oxygen atoms in total. The van der Waals surface area contributed by atoms with E-state index in [4.69, 9.17) is 23.2 Å². The molecule has 0 aliphatic heterocycles. The van der Waals surface area contributed by atoms with Gasteiger partial charge in [-0.25, -0.2) is 4.98 Å². The third-order valence-corrected chi connectivity index (χ3v) is 4.82. The Morgan fingerprint density at radius 2 is 2.13 bits per heavy atom. The molecular weight excluding hydrogens is 353 g/mol. The van der Waals surface area contributed by atoms with E-state index < -0.39 is 0 Å². The van der Waals surface area contributed by atoms with Crippen molar-refractivity contribution in [1.29, 1.82) is 0 Å². The maximum atomic E-state index is 12.1. The molecule has 1 aromatic heterocycles. The summed E-state index contributed by atoms with van der Waals surface area (Å²) in [6.45, 7) is 1.87. The van der Waals surface area contributed by atoms with Gasteiger partial charge in [-0.3, -0.25) is 4.79 Å². The van der Waals surface area contributed by atoms with Crippen molar-refractivity contribution in [3.8, 4) is 0 Å². The fourth-order valence-electron chi connectivity index (χ4n) is 2.09. The lowest BCUT2D eigenvalue weighted by atomic mass is 10.2. The Morgan fingerprint density at radius 1 is 1.30 bits per heavy atom. The predicted octanol–water partition coefficient (Wildman–Crippen LogP) is 4.91. The van der Waals surface area contributed by atoms with Crippen molar-refractivity contribution in [3.63, 3.8) is 0 Å². The summed E-state index contributed by atoms with van der Waals surface area (Å²) in [4.78, 5) is 19.6. The molecule has 7 heteroatoms. The number of H-pyrrole nitrogens is 1. The SMILES string of the molecule is Cc1c(Cl)cccc1NC(=O)CSc1nc2ccc(Cl)cc2[nH]1. The number of hydrogen-bond donors (Lipinski definition) is 2. The molecule has 0 bridgehead atoms. The Labute approximate surface area is 147 Å². The van der Waals surface area contributed by atoms with Crippen LogP contribution in [-0.2, 0) is 4.79 Å². The summed E-state index contributed by atoms with van der Waals surface area (Å²) >= 11 is 13.3. The van der Waals surface area contributed by atoms with Gasteiger partial charge in [0.25, 0.3) is 0 Å². The lowest BCUT2D eigenvalue weighted by Crippen LogP contribution is -2.15. The minimum Gasteiger partial charge on any atom is -0.333 e. The van der Waals surface area contributed by atoms with Gasteiger partial charge in [-0.05, 0) is 42.8 Å². The van der Waals surface area contributed by atoms with E-state index in [1.807, 2.05) is 25.1 Å². The van der Waals surface area contributed by atoms with Crippen LogP contribution < -0.4 is 5.32 Å². The third kappa shape index (κ3) is 3.80. The van der Waals surface area contributed by atoms with Crippen LogP contribution in [0.3, 0.4) is 0 Å². The van der Waals surface area contributed by atoms with E-state index in [0.717, 1.165) is 22.3 Å². The highest BCUT2D eigenvalue weighted by atomic mass is 35.5. The number of carbonyl (C=O) groups excluding carboxylic acids is 1. The number of anilines is 1. The van der Waals surface area contributed by atoms with E-state index in [0.29, 0.717) is 15.2 Å². The van der Waals surface area contributed by atoms with Gasteiger partial charge in [0.2, 0.25) is 5.91 Å². The van der Waals surface area contributed by atoms with Gasteiger partial charge in [-0.2, -0.15) is 0 Å². The van der Waals surface area contributed by atoms with Crippen LogP contribution in [-0.4, -0.2) is 21.6 Å². The summed E-state index contributed by atoms with van der Waals surface area (Å²) in [5.41, 5.74) is 3.25. The Bertz CT molecular complexity index is 879. The number of nitrogens with zero attached hydrogens (tertiary/aromatic N) is 1. The topological polar surface area (TPSA) is 57.8 Å². The first-order chi connectivity index (χ1) is 11.0. The average Bonchev–Trinajstić information content (AvgIpc) is 2.92. The normalized spacial score (nSPS) is 10.9. The summed E-state index contributed by atoms with van der Waals surface area (Å²) in [5, 5.41) is 4.81. The first-order valence-electron chi connectivity index (χ1n) is 6.86. The molecule has 0 saturated carbocycles. The van der Waals surface area contributed by atoms with Crippen LogP contribution in [0, 0.1) is 6.92 Å². The molecule has 118 valence electrons. The van der Waals surface area contributed by atoms with Gasteiger partial charge >= 0.3 is 0 Å². The summed E-state index contributed by atoms with van der Waals surface area (Å²) in [6, 6.07) is 10.9. The molecule has 0 fully saturated rings. The van der Waals surface area contributed by atoms with Gasteiger partial charge in [0.05, 0.1) is 16.8 Å². The van der Waals surface area contributed by atoms with Crippen molar-refractivity contribution in [1.82, 2.24) is 9.97 Å². The van der Waals surface area contributed by atoms with E-state index in [-0.39, 0.29) is 11.7 Å². The molecule has 23 heavy (non-hydrogen) atoms. The number of carbonyl (C=O) groups is 1. The van der Waals surface area contributed by atoms with Crippen molar-refractivity contribution >= 4 is 57.6 Å². The molecule has 2 N–H and O–H groups in total. The van der Waals surface area contributed by atoms with Gasteiger partial charge in [0.1, 0.15) is 0 Å². The van der Waals surface area contributed by atoms with E-state index in [9.17, 15) is 4.79 Å². The Hall–Kier alpha value is -1.69. The summed E-state index contributed by atoms with van der Waals surface area (Å²) in [6.07, 6.45) is 0. The molecule has 3 aromatic rings. The van der Waals surface area contributed by atoms with Crippen molar-refractivity contribution in [2.24, 2.45) is 0 Å². The highest BCUT2D eigenvalue weighted by Crippen LogP contribution is 2.24. The largest absolute Gasteiger partial charge is 0.333 e. The number of aromatic nitrogens is 2. The van der Waals surface area contributed by atoms with Crippen molar-refractivity contribution < 1.29 is 4.79 Å². The zero-order valence-corrected chi connectivity index (χ0v) is 14.5. The fraction of sp³-hybridized carbons (Fsp3) is 0.125. The molecule has 0 spiro atoms. The maximum Gasteiger partial charge on any atom is 0.234 e. The number of imidazole rings is 1. The maximum absolute atomic E-state index is 12.1. The van der Waals surface area contributed by atoms with E-state index >= 15 is 0 Å². The first-order valence-corrected chi connectivity index (χ1v) is 8.60. The summed E-state index contributed by atoms with van der Waals surface area (Å²) in [5.74, 6) is 0.137. The van der Waals surface area contributed by atoms with Gasteiger partial charge in [-0.15, -0.1) is 0 Å². The molecular formula is C16H13Cl2N3OS. The van der Waals surface area contributed by atoms with Crippen LogP contribution in [0.15, 0.2) is 41.6 Å². The van der Waals surface area contributed by atoms with Crippen molar-refractivity contribution in [3.05, 3.63) is 52.0 Å². The number of amides is 1. The minimum atomic E-state index is -0.112. The van der Waals surface area contributed by atoms with Gasteiger partial charge < -0.3 is 10.3 Å². The van der Waals surface area contributed by atoms with Crippen molar-refractivity contribution in [2.45, 2.75) is 12.1 Å². The van der Waals surface area contributed by atoms with Crippen LogP contribution >= 0.6 is 35.0 Å². The second-order valence-corrected chi connectivity index (χ2v) is 6.76. The Balaban J connectivity index is 1.65. The molecule has 0 atom stereocenters. The second-order valence-electron chi connectivity index (χ2n) is 4.95. The second kappa shape index (κ2) is 6.83. The first kappa shape index (κ1) is 16.2. The molecule has 0 aliphatic carbocycles. The number of nitrogens with one attached hydrogen (secondary N) is 2. The average molecular weight is 366 g/mol. The van der Waals surface area contributed by atoms with Gasteiger partial charge in [0.15, 0.2) is 5.16 Å². The Morgan fingerprint density at radius 3 is 2.96 bits per heavy atom. The van der Waals surface area contributed by atoms with E-state index in [2.05, 4.69) is 15.3 Å². The number of halogens is 2. The van der Waals surface area contributed by atoms with Crippen LogP contribution in [0.4, 0.5) is 5.69 Å². The zero-order chi connectivity index (χ0) is 16.4. The number of aromatic amines is 1. The summed E-state index contributed by atoms with van der Waals surface area (Å²) < 4.78 is 0. The van der Waals surface area contributed by atoms with Crippen LogP contribution in [0.25, 0.3) is 11.0 Å². The summed E-state index contributed by atoms with van der Waals surface area (Å²) in [7, 11) is 0. The van der Waals surface area contributed by atoms with Crippen LogP contribution in [0.1, 0.15) is 5.56 Å². The molecule has 0 unspecified atom stereocenters. The fourth-order valence-corrected chi connectivity index (χ4v) is 3.12.